The minimum atomic E-state index is -0.352. The Hall–Kier alpha value is -0.900. The Morgan fingerprint density at radius 1 is 1.29 bits per heavy atom. The van der Waals surface area contributed by atoms with E-state index in [1.165, 1.54) is 4.90 Å². The first-order valence-corrected chi connectivity index (χ1v) is 5.03. The Morgan fingerprint density at radius 3 is 2.14 bits per heavy atom. The highest BCUT2D eigenvalue weighted by molar-refractivity contribution is 5.97. The maximum atomic E-state index is 11.5. The predicted molar refractivity (Wildman–Crippen MR) is 51.4 cm³/mol. The number of aliphatic hydroxyl groups excluding tert-OH is 1. The van der Waals surface area contributed by atoms with Crippen LogP contribution in [0.1, 0.15) is 33.1 Å². The van der Waals surface area contributed by atoms with Crippen molar-refractivity contribution < 1.29 is 14.7 Å². The second-order valence-electron chi connectivity index (χ2n) is 4.00. The molecule has 1 atom stereocenters. The lowest BCUT2D eigenvalue weighted by Gasteiger charge is -2.34. The van der Waals surface area contributed by atoms with Gasteiger partial charge in [-0.3, -0.25) is 14.5 Å². The average molecular weight is 199 g/mol. The minimum absolute atomic E-state index is 0.103. The van der Waals surface area contributed by atoms with Crippen molar-refractivity contribution in [2.24, 2.45) is 5.92 Å². The van der Waals surface area contributed by atoms with Crippen LogP contribution in [0.5, 0.6) is 0 Å². The van der Waals surface area contributed by atoms with E-state index in [1.807, 2.05) is 13.8 Å². The fourth-order valence-electron chi connectivity index (χ4n) is 1.73. The lowest BCUT2D eigenvalue weighted by Crippen LogP contribution is -2.50. The molecule has 1 N–H and O–H groups in total. The van der Waals surface area contributed by atoms with Gasteiger partial charge in [-0.2, -0.15) is 0 Å². The van der Waals surface area contributed by atoms with Crippen molar-refractivity contribution in [2.75, 3.05) is 6.61 Å². The molecule has 0 bridgehead atoms. The zero-order chi connectivity index (χ0) is 10.7. The molecular weight excluding hydrogens is 182 g/mol. The maximum Gasteiger partial charge on any atom is 0.229 e. The van der Waals surface area contributed by atoms with Gasteiger partial charge in [0.05, 0.1) is 12.6 Å². The first-order chi connectivity index (χ1) is 6.57. The first-order valence-electron chi connectivity index (χ1n) is 5.03. The molecule has 4 nitrogen and oxygen atoms in total. The van der Waals surface area contributed by atoms with Crippen molar-refractivity contribution in [3.63, 3.8) is 0 Å². The lowest BCUT2D eigenvalue weighted by molar-refractivity contribution is -0.153. The summed E-state index contributed by atoms with van der Waals surface area (Å²) in [5.74, 6) is -0.186. The largest absolute Gasteiger partial charge is 0.394 e. The molecule has 1 fully saturated rings. The molecule has 0 saturated carbocycles. The van der Waals surface area contributed by atoms with Gasteiger partial charge >= 0.3 is 0 Å². The summed E-state index contributed by atoms with van der Waals surface area (Å²) in [5, 5.41) is 9.14. The molecule has 1 aliphatic rings. The molecule has 80 valence electrons. The van der Waals surface area contributed by atoms with E-state index in [0.29, 0.717) is 19.3 Å². The average Bonchev–Trinajstić information content (AvgIpc) is 2.10. The Labute approximate surface area is 83.9 Å². The summed E-state index contributed by atoms with van der Waals surface area (Å²) in [7, 11) is 0. The molecular formula is C10H17NO3. The standard InChI is InChI=1S/C10H17NO3/c1-7(2)8(6-12)11-9(13)4-3-5-10(11)14/h7-8,12H,3-6H2,1-2H3. The molecule has 1 heterocycles. The number of hydrogen-bond donors (Lipinski definition) is 1. The van der Waals surface area contributed by atoms with E-state index in [4.69, 9.17) is 5.11 Å². The third-order valence-corrected chi connectivity index (χ3v) is 2.61. The van der Waals surface area contributed by atoms with Crippen molar-refractivity contribution in [1.29, 1.82) is 0 Å². The summed E-state index contributed by atoms with van der Waals surface area (Å²) < 4.78 is 0. The molecule has 1 aliphatic heterocycles. The third-order valence-electron chi connectivity index (χ3n) is 2.61. The number of imide groups is 1. The number of carbonyl (C=O) groups excluding carboxylic acids is 2. The molecule has 1 saturated heterocycles. The highest BCUT2D eigenvalue weighted by Gasteiger charge is 2.33. The maximum absolute atomic E-state index is 11.5. The second-order valence-corrected chi connectivity index (χ2v) is 4.00. The summed E-state index contributed by atoms with van der Waals surface area (Å²) in [6, 6.07) is -0.352. The van der Waals surface area contributed by atoms with Crippen molar-refractivity contribution in [2.45, 2.75) is 39.2 Å². The van der Waals surface area contributed by atoms with E-state index in [2.05, 4.69) is 0 Å². The molecule has 0 aromatic carbocycles. The Bertz CT molecular complexity index is 222. The van der Waals surface area contributed by atoms with E-state index < -0.39 is 0 Å². The molecule has 0 aromatic heterocycles. The summed E-state index contributed by atoms with van der Waals surface area (Å²) >= 11 is 0. The normalized spacial score (nSPS) is 20.4. The number of amides is 2. The van der Waals surface area contributed by atoms with Crippen LogP contribution in [0.4, 0.5) is 0 Å². The van der Waals surface area contributed by atoms with Crippen LogP contribution in [0.3, 0.4) is 0 Å². The quantitative estimate of drug-likeness (QED) is 0.675. The van der Waals surface area contributed by atoms with Crippen LogP contribution in [0.25, 0.3) is 0 Å². The number of nitrogens with zero attached hydrogens (tertiary/aromatic N) is 1. The number of carbonyl (C=O) groups is 2. The zero-order valence-corrected chi connectivity index (χ0v) is 8.69. The Balaban J connectivity index is 2.80. The van der Waals surface area contributed by atoms with Gasteiger partial charge in [-0.05, 0) is 12.3 Å². The zero-order valence-electron chi connectivity index (χ0n) is 8.69. The molecule has 1 unspecified atom stereocenters. The van der Waals surface area contributed by atoms with E-state index in [-0.39, 0.29) is 30.4 Å². The number of rotatable bonds is 3. The molecule has 4 heteroatoms. The van der Waals surface area contributed by atoms with Gasteiger partial charge in [-0.1, -0.05) is 13.8 Å². The molecule has 0 aliphatic carbocycles. The summed E-state index contributed by atoms with van der Waals surface area (Å²) in [6.45, 7) is 3.65. The van der Waals surface area contributed by atoms with Crippen LogP contribution >= 0.6 is 0 Å². The van der Waals surface area contributed by atoms with E-state index >= 15 is 0 Å². The third kappa shape index (κ3) is 2.12. The summed E-state index contributed by atoms with van der Waals surface area (Å²) in [5.41, 5.74) is 0. The minimum Gasteiger partial charge on any atom is -0.394 e. The number of piperidine rings is 1. The number of likely N-dealkylation sites (tertiary alicyclic amines) is 1. The van der Waals surface area contributed by atoms with Gasteiger partial charge in [0, 0.05) is 12.8 Å². The topological polar surface area (TPSA) is 57.6 Å². The Kier molecular flexibility index (Phi) is 3.63. The highest BCUT2D eigenvalue weighted by Crippen LogP contribution is 2.19. The molecule has 0 spiro atoms. The number of hydrogen-bond acceptors (Lipinski definition) is 3. The smallest absolute Gasteiger partial charge is 0.229 e. The monoisotopic (exact) mass is 199 g/mol. The predicted octanol–water partition coefficient (Wildman–Crippen LogP) is 0.542. The lowest BCUT2D eigenvalue weighted by atomic mass is 9.99. The molecule has 0 radical (unpaired) electrons. The first kappa shape index (κ1) is 11.2. The van der Waals surface area contributed by atoms with Crippen molar-refractivity contribution in [1.82, 2.24) is 4.90 Å². The van der Waals surface area contributed by atoms with Gasteiger partial charge in [0.25, 0.3) is 0 Å². The van der Waals surface area contributed by atoms with Crippen LogP contribution in [-0.2, 0) is 9.59 Å². The summed E-state index contributed by atoms with van der Waals surface area (Å²) in [4.78, 5) is 24.3. The fraction of sp³-hybridized carbons (Fsp3) is 0.800. The fourth-order valence-corrected chi connectivity index (χ4v) is 1.73. The summed E-state index contributed by atoms with van der Waals surface area (Å²) in [6.07, 6.45) is 1.49. The Morgan fingerprint density at radius 2 is 1.79 bits per heavy atom. The molecule has 0 aromatic rings. The van der Waals surface area contributed by atoms with Crippen molar-refractivity contribution in [3.05, 3.63) is 0 Å². The van der Waals surface area contributed by atoms with E-state index in [0.717, 1.165) is 0 Å². The van der Waals surface area contributed by atoms with Crippen LogP contribution in [0.2, 0.25) is 0 Å². The van der Waals surface area contributed by atoms with Crippen LogP contribution < -0.4 is 0 Å². The van der Waals surface area contributed by atoms with Crippen LogP contribution in [-0.4, -0.2) is 34.5 Å². The molecule has 2 amide bonds. The van der Waals surface area contributed by atoms with E-state index in [1.54, 1.807) is 0 Å². The SMILES string of the molecule is CC(C)C(CO)N1C(=O)CCCC1=O. The molecule has 1 rings (SSSR count). The second kappa shape index (κ2) is 4.55. The van der Waals surface area contributed by atoms with Gasteiger partial charge in [0.15, 0.2) is 0 Å². The van der Waals surface area contributed by atoms with Crippen LogP contribution in [0.15, 0.2) is 0 Å². The highest BCUT2D eigenvalue weighted by atomic mass is 16.3. The van der Waals surface area contributed by atoms with Gasteiger partial charge in [0.1, 0.15) is 0 Å². The number of aliphatic hydroxyl groups is 1. The van der Waals surface area contributed by atoms with Crippen molar-refractivity contribution >= 4 is 11.8 Å². The van der Waals surface area contributed by atoms with Gasteiger partial charge in [-0.25, -0.2) is 0 Å². The van der Waals surface area contributed by atoms with Gasteiger partial charge in [0.2, 0.25) is 11.8 Å². The van der Waals surface area contributed by atoms with Crippen molar-refractivity contribution in [3.8, 4) is 0 Å². The molecule has 14 heavy (non-hydrogen) atoms. The van der Waals surface area contributed by atoms with Gasteiger partial charge in [-0.15, -0.1) is 0 Å². The van der Waals surface area contributed by atoms with Crippen LogP contribution in [0, 0.1) is 5.92 Å². The van der Waals surface area contributed by atoms with E-state index in [9.17, 15) is 9.59 Å². The van der Waals surface area contributed by atoms with Gasteiger partial charge < -0.3 is 5.11 Å².